The van der Waals surface area contributed by atoms with Crippen LogP contribution in [0.3, 0.4) is 0 Å². The normalized spacial score (nSPS) is 18.6. The number of aromatic nitrogens is 1. The topological polar surface area (TPSA) is 74.3 Å². The number of hydrogen-bond acceptors (Lipinski definition) is 6. The smallest absolute Gasteiger partial charge is 0.141 e. The number of nitrogens with zero attached hydrogens (tertiary/aromatic N) is 3. The molecule has 1 atom stereocenters. The first kappa shape index (κ1) is 22.6. The number of anilines is 2. The lowest BCUT2D eigenvalue weighted by Gasteiger charge is -2.28. The van der Waals surface area contributed by atoms with Crippen molar-refractivity contribution < 1.29 is 9.26 Å². The third-order valence-corrected chi connectivity index (χ3v) is 7.20. The van der Waals surface area contributed by atoms with Gasteiger partial charge >= 0.3 is 0 Å². The first-order valence-electron chi connectivity index (χ1n) is 12.2. The summed E-state index contributed by atoms with van der Waals surface area (Å²) in [5, 5.41) is 17.1. The second-order valence-electron chi connectivity index (χ2n) is 9.58. The van der Waals surface area contributed by atoms with Gasteiger partial charge in [-0.15, -0.1) is 0 Å². The molecule has 5 rings (SSSR count). The second-order valence-corrected chi connectivity index (χ2v) is 9.58. The van der Waals surface area contributed by atoms with Crippen LogP contribution in [0.2, 0.25) is 0 Å². The van der Waals surface area contributed by atoms with E-state index in [1.807, 2.05) is 13.8 Å². The molecule has 2 heterocycles. The molecule has 1 aromatic heterocycles. The van der Waals surface area contributed by atoms with Gasteiger partial charge < -0.3 is 19.5 Å². The molecule has 0 spiro atoms. The van der Waals surface area contributed by atoms with E-state index in [9.17, 15) is 5.26 Å². The standard InChI is InChI=1S/C28H32N4O2/c1-19-4-5-22(27-20(2)31-34-21(27)3)16-26(19)32(14-15-33-25-10-13-30-17-25)24-8-6-23(7-9-24)28(18-29)11-12-28/h4-9,16,25,30H,10-15,17H2,1-3H3. The van der Waals surface area contributed by atoms with Gasteiger partial charge in [0.15, 0.2) is 0 Å². The summed E-state index contributed by atoms with van der Waals surface area (Å²) in [5.41, 5.74) is 7.32. The summed E-state index contributed by atoms with van der Waals surface area (Å²) in [6.45, 7) is 9.41. The van der Waals surface area contributed by atoms with Gasteiger partial charge in [-0.1, -0.05) is 29.4 Å². The molecular weight excluding hydrogens is 424 g/mol. The number of nitrogens with one attached hydrogen (secondary N) is 1. The minimum absolute atomic E-state index is 0.277. The average Bonchev–Trinajstić information content (AvgIpc) is 3.34. The summed E-state index contributed by atoms with van der Waals surface area (Å²) >= 11 is 0. The Bertz CT molecular complexity index is 1180. The van der Waals surface area contributed by atoms with Gasteiger partial charge in [-0.3, -0.25) is 0 Å². The lowest BCUT2D eigenvalue weighted by molar-refractivity contribution is 0.0730. The number of hydrogen-bond donors (Lipinski definition) is 1. The van der Waals surface area contributed by atoms with Crippen molar-refractivity contribution in [2.75, 3.05) is 31.1 Å². The summed E-state index contributed by atoms with van der Waals surface area (Å²) in [6, 6.07) is 17.6. The van der Waals surface area contributed by atoms with Crippen LogP contribution in [0.1, 0.15) is 41.8 Å². The van der Waals surface area contributed by atoms with Gasteiger partial charge in [0.25, 0.3) is 0 Å². The minimum Gasteiger partial charge on any atom is -0.375 e. The third kappa shape index (κ3) is 4.34. The van der Waals surface area contributed by atoms with Gasteiger partial charge in [0.05, 0.1) is 29.9 Å². The molecule has 176 valence electrons. The van der Waals surface area contributed by atoms with Crippen molar-refractivity contribution in [2.45, 2.75) is 51.6 Å². The number of benzene rings is 2. The van der Waals surface area contributed by atoms with Gasteiger partial charge in [-0.2, -0.15) is 5.26 Å². The summed E-state index contributed by atoms with van der Waals surface area (Å²) in [7, 11) is 0. The van der Waals surface area contributed by atoms with Crippen molar-refractivity contribution >= 4 is 11.4 Å². The largest absolute Gasteiger partial charge is 0.375 e. The zero-order valence-electron chi connectivity index (χ0n) is 20.2. The van der Waals surface area contributed by atoms with Crippen molar-refractivity contribution in [3.8, 4) is 17.2 Å². The molecule has 6 nitrogen and oxygen atoms in total. The molecule has 0 bridgehead atoms. The Morgan fingerprint density at radius 3 is 2.59 bits per heavy atom. The van der Waals surface area contributed by atoms with E-state index in [0.29, 0.717) is 6.61 Å². The molecule has 1 saturated heterocycles. The van der Waals surface area contributed by atoms with Crippen LogP contribution in [0.5, 0.6) is 0 Å². The molecule has 1 aliphatic heterocycles. The zero-order valence-corrected chi connectivity index (χ0v) is 20.2. The van der Waals surface area contributed by atoms with Crippen LogP contribution in [0.25, 0.3) is 11.1 Å². The highest BCUT2D eigenvalue weighted by Gasteiger charge is 2.44. The molecule has 6 heteroatoms. The highest BCUT2D eigenvalue weighted by molar-refractivity contribution is 5.76. The van der Waals surface area contributed by atoms with Crippen molar-refractivity contribution in [3.05, 3.63) is 65.0 Å². The van der Waals surface area contributed by atoms with E-state index in [1.54, 1.807) is 0 Å². The van der Waals surface area contributed by atoms with E-state index in [0.717, 1.165) is 78.4 Å². The quantitative estimate of drug-likeness (QED) is 0.493. The van der Waals surface area contributed by atoms with Crippen LogP contribution in [0.4, 0.5) is 11.4 Å². The molecule has 2 aliphatic rings. The minimum atomic E-state index is -0.277. The molecule has 2 fully saturated rings. The summed E-state index contributed by atoms with van der Waals surface area (Å²) in [6.07, 6.45) is 3.25. The predicted molar refractivity (Wildman–Crippen MR) is 133 cm³/mol. The van der Waals surface area contributed by atoms with Gasteiger partial charge in [0.2, 0.25) is 0 Å². The lowest BCUT2D eigenvalue weighted by Crippen LogP contribution is -2.26. The second kappa shape index (κ2) is 9.25. The number of rotatable bonds is 8. The van der Waals surface area contributed by atoms with E-state index in [4.69, 9.17) is 9.26 Å². The number of ether oxygens (including phenoxy) is 1. The fourth-order valence-electron chi connectivity index (χ4n) is 4.97. The monoisotopic (exact) mass is 456 g/mol. The summed E-state index contributed by atoms with van der Waals surface area (Å²) in [5.74, 6) is 0.825. The van der Waals surface area contributed by atoms with Crippen LogP contribution >= 0.6 is 0 Å². The molecule has 1 N–H and O–H groups in total. The Morgan fingerprint density at radius 2 is 1.97 bits per heavy atom. The van der Waals surface area contributed by atoms with Gasteiger partial charge in [0, 0.05) is 30.0 Å². The van der Waals surface area contributed by atoms with E-state index in [2.05, 4.69) is 70.8 Å². The van der Waals surface area contributed by atoms with Crippen molar-refractivity contribution in [3.63, 3.8) is 0 Å². The summed E-state index contributed by atoms with van der Waals surface area (Å²) in [4.78, 5) is 2.33. The first-order chi connectivity index (χ1) is 16.5. The Morgan fingerprint density at radius 1 is 1.18 bits per heavy atom. The van der Waals surface area contributed by atoms with Crippen LogP contribution in [-0.4, -0.2) is 37.5 Å². The molecule has 1 unspecified atom stereocenters. The van der Waals surface area contributed by atoms with Gasteiger partial charge in [0.1, 0.15) is 5.76 Å². The Balaban J connectivity index is 1.47. The van der Waals surface area contributed by atoms with Crippen LogP contribution < -0.4 is 10.2 Å². The fourth-order valence-corrected chi connectivity index (χ4v) is 4.97. The fraction of sp³-hybridized carbons (Fsp3) is 0.429. The van der Waals surface area contributed by atoms with Crippen molar-refractivity contribution in [1.82, 2.24) is 10.5 Å². The molecule has 3 aromatic rings. The summed E-state index contributed by atoms with van der Waals surface area (Å²) < 4.78 is 11.6. The highest BCUT2D eigenvalue weighted by atomic mass is 16.5. The van der Waals surface area contributed by atoms with Crippen LogP contribution in [0, 0.1) is 32.1 Å². The highest BCUT2D eigenvalue weighted by Crippen LogP contribution is 2.48. The lowest BCUT2D eigenvalue weighted by atomic mass is 9.97. The predicted octanol–water partition coefficient (Wildman–Crippen LogP) is 5.34. The van der Waals surface area contributed by atoms with E-state index in [1.165, 1.54) is 5.56 Å². The molecule has 2 aromatic carbocycles. The maximum Gasteiger partial charge on any atom is 0.141 e. The van der Waals surface area contributed by atoms with Crippen LogP contribution in [0.15, 0.2) is 47.0 Å². The maximum absolute atomic E-state index is 9.59. The Kier molecular flexibility index (Phi) is 6.16. The molecule has 0 amide bonds. The van der Waals surface area contributed by atoms with E-state index >= 15 is 0 Å². The SMILES string of the molecule is Cc1ccc(-c2c(C)noc2C)cc1N(CCOC1CCNC1)c1ccc(C2(C#N)CC2)cc1. The van der Waals surface area contributed by atoms with E-state index in [-0.39, 0.29) is 11.5 Å². The van der Waals surface area contributed by atoms with Gasteiger partial charge in [-0.25, -0.2) is 0 Å². The van der Waals surface area contributed by atoms with Gasteiger partial charge in [-0.05, 0) is 81.5 Å². The van der Waals surface area contributed by atoms with E-state index < -0.39 is 0 Å². The van der Waals surface area contributed by atoms with Crippen LogP contribution in [-0.2, 0) is 10.2 Å². The third-order valence-electron chi connectivity index (χ3n) is 7.20. The van der Waals surface area contributed by atoms with Crippen molar-refractivity contribution in [1.29, 1.82) is 5.26 Å². The Labute approximate surface area is 201 Å². The average molecular weight is 457 g/mol. The molecule has 34 heavy (non-hydrogen) atoms. The number of aryl methyl sites for hydroxylation is 3. The molecular formula is C28H32N4O2. The molecule has 1 saturated carbocycles. The first-order valence-corrected chi connectivity index (χ1v) is 12.2. The maximum atomic E-state index is 9.59. The number of nitriles is 1. The van der Waals surface area contributed by atoms with Crippen molar-refractivity contribution in [2.24, 2.45) is 0 Å². The zero-order chi connectivity index (χ0) is 23.7. The molecule has 1 aliphatic carbocycles. The molecule has 0 radical (unpaired) electrons. The Hall–Kier alpha value is -3.14.